The summed E-state index contributed by atoms with van der Waals surface area (Å²) in [5.41, 5.74) is 8.40. The number of nitrogens with zero attached hydrogens (tertiary/aromatic N) is 6. The quantitative estimate of drug-likeness (QED) is 0.265. The number of amides is 1. The molecule has 2 aromatic carbocycles. The van der Waals surface area contributed by atoms with Gasteiger partial charge in [0.25, 0.3) is 11.5 Å². The molecule has 1 amide bonds. The lowest BCUT2D eigenvalue weighted by Crippen LogP contribution is -2.32. The van der Waals surface area contributed by atoms with Crippen molar-refractivity contribution >= 4 is 32.2 Å². The van der Waals surface area contributed by atoms with E-state index < -0.39 is 21.3 Å². The van der Waals surface area contributed by atoms with Crippen LogP contribution < -0.4 is 16.6 Å². The van der Waals surface area contributed by atoms with Crippen LogP contribution in [0.2, 0.25) is 0 Å². The standard InChI is InChI=1S/C33H30N8O4S/c1-20(37-31(42)28-21(2)38-40-17-9-16-35-30(28)40)27-18-24-11-8-10-23(29(24)32(43)41(27)26-12-6-5-7-13-26)14-15-25-19-36-39(4)33(25)46(44,45)22(3)34/h5-13,16-20,22H,34H2,1-4H3,(H,37,42). The third kappa shape index (κ3) is 5.23. The van der Waals surface area contributed by atoms with Crippen LogP contribution in [-0.4, -0.2) is 48.6 Å². The van der Waals surface area contributed by atoms with Gasteiger partial charge in [-0.05, 0) is 56.5 Å². The predicted octanol–water partition coefficient (Wildman–Crippen LogP) is 3.04. The van der Waals surface area contributed by atoms with Gasteiger partial charge in [-0.25, -0.2) is 17.9 Å². The SMILES string of the molecule is Cc1nn2cccnc2c1C(=O)NC(C)c1cc2cccc(C#Cc3cnn(C)c3S(=O)(=O)C(C)N)c2c(=O)n1-c1ccccc1. The van der Waals surface area contributed by atoms with Gasteiger partial charge in [-0.15, -0.1) is 0 Å². The van der Waals surface area contributed by atoms with Crippen LogP contribution in [0.4, 0.5) is 0 Å². The van der Waals surface area contributed by atoms with Gasteiger partial charge in [0.15, 0.2) is 10.7 Å². The van der Waals surface area contributed by atoms with E-state index in [0.29, 0.717) is 44.6 Å². The van der Waals surface area contributed by atoms with Crippen LogP contribution >= 0.6 is 0 Å². The molecule has 6 rings (SSSR count). The lowest BCUT2D eigenvalue weighted by atomic mass is 10.0. The highest BCUT2D eigenvalue weighted by Crippen LogP contribution is 2.25. The van der Waals surface area contributed by atoms with E-state index in [0.717, 1.165) is 0 Å². The molecule has 0 spiro atoms. The molecule has 0 aliphatic heterocycles. The monoisotopic (exact) mass is 634 g/mol. The lowest BCUT2D eigenvalue weighted by Gasteiger charge is -2.21. The largest absolute Gasteiger partial charge is 0.344 e. The van der Waals surface area contributed by atoms with E-state index in [4.69, 9.17) is 5.73 Å². The van der Waals surface area contributed by atoms with Crippen LogP contribution in [0.1, 0.15) is 52.8 Å². The first kappa shape index (κ1) is 30.4. The fourth-order valence-electron chi connectivity index (χ4n) is 5.41. The van der Waals surface area contributed by atoms with Crippen LogP contribution in [0, 0.1) is 18.8 Å². The zero-order valence-corrected chi connectivity index (χ0v) is 26.3. The Labute approximate surface area is 264 Å². The average molecular weight is 635 g/mol. The summed E-state index contributed by atoms with van der Waals surface area (Å²) in [5, 5.41) is 11.2. The van der Waals surface area contributed by atoms with E-state index in [-0.39, 0.29) is 22.1 Å². The smallest absolute Gasteiger partial charge is 0.264 e. The van der Waals surface area contributed by atoms with Gasteiger partial charge in [0.1, 0.15) is 10.9 Å². The van der Waals surface area contributed by atoms with Crippen LogP contribution in [0.5, 0.6) is 0 Å². The predicted molar refractivity (Wildman–Crippen MR) is 173 cm³/mol. The van der Waals surface area contributed by atoms with E-state index in [1.54, 1.807) is 71.7 Å². The highest BCUT2D eigenvalue weighted by Gasteiger charge is 2.27. The second-order valence-corrected chi connectivity index (χ2v) is 13.1. The number of sulfone groups is 1. The molecule has 2 atom stereocenters. The number of benzene rings is 2. The molecule has 0 saturated carbocycles. The fourth-order valence-corrected chi connectivity index (χ4v) is 6.59. The van der Waals surface area contributed by atoms with E-state index >= 15 is 0 Å². The van der Waals surface area contributed by atoms with E-state index in [1.807, 2.05) is 24.3 Å². The molecular formula is C33H30N8O4S. The Morgan fingerprint density at radius 1 is 1.02 bits per heavy atom. The van der Waals surface area contributed by atoms with Crippen LogP contribution in [0.3, 0.4) is 0 Å². The number of hydrogen-bond donors (Lipinski definition) is 2. The van der Waals surface area contributed by atoms with Crippen molar-refractivity contribution in [2.45, 2.75) is 37.2 Å². The Kier molecular flexibility index (Phi) is 7.77. The number of carbonyl (C=O) groups excluding carboxylic acids is 1. The Morgan fingerprint density at radius 3 is 2.50 bits per heavy atom. The van der Waals surface area contributed by atoms with Crippen molar-refractivity contribution in [3.63, 3.8) is 0 Å². The van der Waals surface area contributed by atoms with Crippen molar-refractivity contribution in [1.82, 2.24) is 34.3 Å². The van der Waals surface area contributed by atoms with E-state index in [2.05, 4.69) is 32.3 Å². The van der Waals surface area contributed by atoms with Crippen molar-refractivity contribution in [2.75, 3.05) is 0 Å². The molecule has 0 saturated heterocycles. The van der Waals surface area contributed by atoms with Crippen LogP contribution in [-0.2, 0) is 16.9 Å². The normalized spacial score (nSPS) is 12.9. The first-order valence-corrected chi connectivity index (χ1v) is 15.9. The molecular weight excluding hydrogens is 604 g/mol. The minimum Gasteiger partial charge on any atom is -0.344 e. The number of aromatic nitrogens is 6. The Hall–Kier alpha value is -5.58. The molecule has 0 radical (unpaired) electrons. The summed E-state index contributed by atoms with van der Waals surface area (Å²) in [6, 6.07) is 17.3. The van der Waals surface area contributed by atoms with Gasteiger partial charge in [-0.1, -0.05) is 42.2 Å². The van der Waals surface area contributed by atoms with Crippen molar-refractivity contribution in [3.05, 3.63) is 118 Å². The van der Waals surface area contributed by atoms with Crippen molar-refractivity contribution < 1.29 is 13.2 Å². The third-order valence-corrected chi connectivity index (χ3v) is 9.66. The first-order valence-electron chi connectivity index (χ1n) is 14.4. The number of rotatable bonds is 6. The second kappa shape index (κ2) is 11.7. The molecule has 46 heavy (non-hydrogen) atoms. The van der Waals surface area contributed by atoms with Crippen molar-refractivity contribution in [1.29, 1.82) is 0 Å². The molecule has 3 N–H and O–H groups in total. The van der Waals surface area contributed by atoms with Gasteiger partial charge >= 0.3 is 0 Å². The van der Waals surface area contributed by atoms with Crippen molar-refractivity contribution in [3.8, 4) is 17.5 Å². The summed E-state index contributed by atoms with van der Waals surface area (Å²) in [5.74, 6) is 5.53. The molecule has 6 aromatic rings. The van der Waals surface area contributed by atoms with Crippen LogP contribution in [0.25, 0.3) is 22.1 Å². The maximum Gasteiger partial charge on any atom is 0.264 e. The van der Waals surface area contributed by atoms with Gasteiger partial charge in [-0.2, -0.15) is 10.2 Å². The van der Waals surface area contributed by atoms with Gasteiger partial charge in [0.2, 0.25) is 9.84 Å². The topological polar surface area (TPSA) is 159 Å². The summed E-state index contributed by atoms with van der Waals surface area (Å²) in [7, 11) is -2.38. The molecule has 12 nitrogen and oxygen atoms in total. The van der Waals surface area contributed by atoms with Gasteiger partial charge in [-0.3, -0.25) is 18.8 Å². The molecule has 2 unspecified atom stereocenters. The molecule has 4 heterocycles. The highest BCUT2D eigenvalue weighted by molar-refractivity contribution is 7.92. The summed E-state index contributed by atoms with van der Waals surface area (Å²) < 4.78 is 30.1. The van der Waals surface area contributed by atoms with Crippen LogP contribution in [0.15, 0.2) is 89.1 Å². The molecule has 0 aliphatic carbocycles. The zero-order chi connectivity index (χ0) is 32.7. The molecule has 0 bridgehead atoms. The number of carbonyl (C=O) groups is 1. The fraction of sp³-hybridized carbons (Fsp3) is 0.182. The summed E-state index contributed by atoms with van der Waals surface area (Å²) in [6.45, 7) is 4.93. The van der Waals surface area contributed by atoms with Gasteiger partial charge < -0.3 is 11.1 Å². The minimum absolute atomic E-state index is 0.0968. The van der Waals surface area contributed by atoms with Gasteiger partial charge in [0, 0.05) is 36.4 Å². The zero-order valence-electron chi connectivity index (χ0n) is 25.5. The molecule has 232 valence electrons. The minimum atomic E-state index is -3.88. The maximum absolute atomic E-state index is 14.4. The maximum atomic E-state index is 14.4. The lowest BCUT2D eigenvalue weighted by molar-refractivity contribution is 0.0939. The number of fused-ring (bicyclic) bond motifs is 2. The molecule has 0 fully saturated rings. The van der Waals surface area contributed by atoms with Crippen molar-refractivity contribution in [2.24, 2.45) is 12.8 Å². The number of nitrogens with one attached hydrogen (secondary N) is 1. The number of nitrogens with two attached hydrogens (primary N) is 1. The number of pyridine rings is 1. The van der Waals surface area contributed by atoms with E-state index in [9.17, 15) is 18.0 Å². The first-order chi connectivity index (χ1) is 22.0. The second-order valence-electron chi connectivity index (χ2n) is 10.8. The highest BCUT2D eigenvalue weighted by atomic mass is 32.2. The number of aryl methyl sites for hydroxylation is 2. The Balaban J connectivity index is 1.48. The third-order valence-electron chi connectivity index (χ3n) is 7.65. The molecule has 13 heteroatoms. The Morgan fingerprint density at radius 2 is 1.76 bits per heavy atom. The summed E-state index contributed by atoms with van der Waals surface area (Å²) in [4.78, 5) is 32.3. The average Bonchev–Trinajstić information content (AvgIpc) is 3.58. The Bertz CT molecular complexity index is 2380. The number of hydrogen-bond acceptors (Lipinski definition) is 8. The number of para-hydroxylation sites is 1. The summed E-state index contributed by atoms with van der Waals surface area (Å²) >= 11 is 0. The molecule has 0 aliphatic rings. The van der Waals surface area contributed by atoms with Gasteiger partial charge in [0.05, 0.1) is 28.9 Å². The van der Waals surface area contributed by atoms with E-state index in [1.165, 1.54) is 24.9 Å². The summed E-state index contributed by atoms with van der Waals surface area (Å²) in [6.07, 6.45) is 4.68. The molecule has 4 aromatic heterocycles.